The van der Waals surface area contributed by atoms with E-state index in [2.05, 4.69) is 20.2 Å². The number of amides is 1. The molecule has 0 unspecified atom stereocenters. The monoisotopic (exact) mass is 453 g/mol. The van der Waals surface area contributed by atoms with Crippen molar-refractivity contribution in [1.29, 1.82) is 0 Å². The van der Waals surface area contributed by atoms with E-state index >= 15 is 0 Å². The zero-order valence-electron chi connectivity index (χ0n) is 18.5. The lowest BCUT2D eigenvalue weighted by Gasteiger charge is -2.39. The SMILES string of the molecule is O=C(CN1CCN(C(c2ccc(F)cc2)c2ccc(F)cc2)CC1)NCCCn1cccn1. The van der Waals surface area contributed by atoms with Gasteiger partial charge in [-0.15, -0.1) is 0 Å². The molecular weight excluding hydrogens is 424 g/mol. The molecule has 1 aliphatic heterocycles. The molecule has 2 aromatic carbocycles. The molecule has 1 aromatic heterocycles. The lowest BCUT2D eigenvalue weighted by molar-refractivity contribution is -0.122. The Labute approximate surface area is 192 Å². The lowest BCUT2D eigenvalue weighted by atomic mass is 9.96. The van der Waals surface area contributed by atoms with Crippen molar-refractivity contribution >= 4 is 5.91 Å². The number of carbonyl (C=O) groups is 1. The van der Waals surface area contributed by atoms with Gasteiger partial charge in [0.25, 0.3) is 0 Å². The second-order valence-corrected chi connectivity index (χ2v) is 8.29. The molecule has 1 aliphatic rings. The maximum Gasteiger partial charge on any atom is 0.234 e. The predicted molar refractivity (Wildman–Crippen MR) is 123 cm³/mol. The van der Waals surface area contributed by atoms with E-state index in [-0.39, 0.29) is 23.6 Å². The Morgan fingerprint density at radius 3 is 2.09 bits per heavy atom. The summed E-state index contributed by atoms with van der Waals surface area (Å²) in [5, 5.41) is 7.14. The Morgan fingerprint density at radius 2 is 1.55 bits per heavy atom. The number of aryl methyl sites for hydroxylation is 1. The van der Waals surface area contributed by atoms with Crippen LogP contribution in [0.4, 0.5) is 8.78 Å². The van der Waals surface area contributed by atoms with Gasteiger partial charge < -0.3 is 5.32 Å². The molecule has 3 aromatic rings. The van der Waals surface area contributed by atoms with Crippen LogP contribution < -0.4 is 5.32 Å². The zero-order valence-corrected chi connectivity index (χ0v) is 18.5. The minimum atomic E-state index is -0.280. The second kappa shape index (κ2) is 11.2. The molecule has 8 heteroatoms. The Bertz CT molecular complexity index is 955. The van der Waals surface area contributed by atoms with E-state index in [1.807, 2.05) is 16.9 Å². The van der Waals surface area contributed by atoms with Crippen molar-refractivity contribution < 1.29 is 13.6 Å². The molecule has 0 radical (unpaired) electrons. The first-order valence-corrected chi connectivity index (χ1v) is 11.3. The number of nitrogens with one attached hydrogen (secondary N) is 1. The summed E-state index contributed by atoms with van der Waals surface area (Å²) in [4.78, 5) is 16.8. The van der Waals surface area contributed by atoms with Crippen molar-refractivity contribution in [3.8, 4) is 0 Å². The van der Waals surface area contributed by atoms with Gasteiger partial charge in [-0.3, -0.25) is 19.3 Å². The molecule has 0 saturated carbocycles. The maximum atomic E-state index is 13.5. The van der Waals surface area contributed by atoms with Crippen LogP contribution in [0.25, 0.3) is 0 Å². The Kier molecular flexibility index (Phi) is 7.80. The fraction of sp³-hybridized carbons (Fsp3) is 0.360. The Balaban J connectivity index is 1.30. The van der Waals surface area contributed by atoms with Gasteiger partial charge in [-0.1, -0.05) is 24.3 Å². The summed E-state index contributed by atoms with van der Waals surface area (Å²) >= 11 is 0. The van der Waals surface area contributed by atoms with Gasteiger partial charge in [-0.25, -0.2) is 8.78 Å². The van der Waals surface area contributed by atoms with Crippen molar-refractivity contribution in [2.75, 3.05) is 39.3 Å². The fourth-order valence-corrected chi connectivity index (χ4v) is 4.24. The largest absolute Gasteiger partial charge is 0.355 e. The molecule has 1 amide bonds. The highest BCUT2D eigenvalue weighted by atomic mass is 19.1. The van der Waals surface area contributed by atoms with Crippen molar-refractivity contribution in [2.45, 2.75) is 19.0 Å². The minimum absolute atomic E-state index is 0.0255. The van der Waals surface area contributed by atoms with Crippen LogP contribution in [0.5, 0.6) is 0 Å². The van der Waals surface area contributed by atoms with E-state index in [1.54, 1.807) is 30.5 Å². The van der Waals surface area contributed by atoms with E-state index in [9.17, 15) is 13.6 Å². The second-order valence-electron chi connectivity index (χ2n) is 8.29. The van der Waals surface area contributed by atoms with Crippen molar-refractivity contribution in [3.05, 3.63) is 89.8 Å². The molecule has 0 atom stereocenters. The minimum Gasteiger partial charge on any atom is -0.355 e. The van der Waals surface area contributed by atoms with E-state index in [4.69, 9.17) is 0 Å². The number of hydrogen-bond donors (Lipinski definition) is 1. The van der Waals surface area contributed by atoms with Crippen molar-refractivity contribution in [3.63, 3.8) is 0 Å². The number of piperazine rings is 1. The van der Waals surface area contributed by atoms with E-state index in [1.165, 1.54) is 24.3 Å². The molecule has 0 bridgehead atoms. The first-order chi connectivity index (χ1) is 16.1. The summed E-state index contributed by atoms with van der Waals surface area (Å²) in [5.41, 5.74) is 1.93. The third kappa shape index (κ3) is 6.46. The Hall–Kier alpha value is -3.10. The highest BCUT2D eigenvalue weighted by Crippen LogP contribution is 2.30. The molecule has 1 saturated heterocycles. The molecule has 1 N–H and O–H groups in total. The van der Waals surface area contributed by atoms with Gasteiger partial charge in [0, 0.05) is 51.7 Å². The van der Waals surface area contributed by atoms with Crippen molar-refractivity contribution in [2.24, 2.45) is 0 Å². The van der Waals surface area contributed by atoms with E-state index in [0.29, 0.717) is 13.1 Å². The molecule has 1 fully saturated rings. The summed E-state index contributed by atoms with van der Waals surface area (Å²) < 4.78 is 28.8. The van der Waals surface area contributed by atoms with Gasteiger partial charge >= 0.3 is 0 Å². The van der Waals surface area contributed by atoms with Gasteiger partial charge in [0.15, 0.2) is 0 Å². The maximum absolute atomic E-state index is 13.5. The zero-order chi connectivity index (χ0) is 23.0. The summed E-state index contributed by atoms with van der Waals surface area (Å²) in [6, 6.07) is 14.8. The molecule has 0 aliphatic carbocycles. The van der Waals surface area contributed by atoms with Gasteiger partial charge in [-0.05, 0) is 47.9 Å². The third-order valence-corrected chi connectivity index (χ3v) is 5.96. The molecule has 174 valence electrons. The number of rotatable bonds is 9. The highest BCUT2D eigenvalue weighted by Gasteiger charge is 2.27. The van der Waals surface area contributed by atoms with Crippen molar-refractivity contribution in [1.82, 2.24) is 24.9 Å². The fourth-order valence-electron chi connectivity index (χ4n) is 4.24. The molecule has 4 rings (SSSR count). The van der Waals surface area contributed by atoms with Crippen LogP contribution in [0.3, 0.4) is 0 Å². The third-order valence-electron chi connectivity index (χ3n) is 5.96. The summed E-state index contributed by atoms with van der Waals surface area (Å²) in [5.74, 6) is -0.536. The van der Waals surface area contributed by atoms with Gasteiger partial charge in [0.05, 0.1) is 12.6 Å². The van der Waals surface area contributed by atoms with Gasteiger partial charge in [-0.2, -0.15) is 5.10 Å². The van der Waals surface area contributed by atoms with Crippen LogP contribution in [-0.4, -0.2) is 64.8 Å². The van der Waals surface area contributed by atoms with E-state index < -0.39 is 0 Å². The first kappa shape index (κ1) is 23.1. The van der Waals surface area contributed by atoms with Crippen LogP contribution in [0.2, 0.25) is 0 Å². The summed E-state index contributed by atoms with van der Waals surface area (Å²) in [6.07, 6.45) is 4.49. The Morgan fingerprint density at radius 1 is 0.939 bits per heavy atom. The average molecular weight is 454 g/mol. The van der Waals surface area contributed by atoms with Crippen LogP contribution in [0.1, 0.15) is 23.6 Å². The standard InChI is InChI=1S/C25H29F2N5O/c26-22-7-3-20(4-8-22)25(21-5-9-23(27)10-6-21)31-17-15-30(16-18-31)19-24(33)28-11-1-13-32-14-2-12-29-32/h2-10,12,14,25H,1,11,13,15-19H2,(H,28,33). The van der Waals surface area contributed by atoms with E-state index in [0.717, 1.165) is 50.3 Å². The predicted octanol–water partition coefficient (Wildman–Crippen LogP) is 3.07. The average Bonchev–Trinajstić information content (AvgIpc) is 3.34. The molecular formula is C25H29F2N5O. The number of halogens is 2. The normalized spacial score (nSPS) is 15.1. The van der Waals surface area contributed by atoms with Crippen LogP contribution in [0.15, 0.2) is 67.0 Å². The first-order valence-electron chi connectivity index (χ1n) is 11.3. The van der Waals surface area contributed by atoms with Gasteiger partial charge in [0.1, 0.15) is 11.6 Å². The number of aromatic nitrogens is 2. The summed E-state index contributed by atoms with van der Waals surface area (Å²) in [6.45, 7) is 4.78. The van der Waals surface area contributed by atoms with Gasteiger partial charge in [0.2, 0.25) is 5.91 Å². The highest BCUT2D eigenvalue weighted by molar-refractivity contribution is 5.77. The van der Waals surface area contributed by atoms with Crippen LogP contribution in [-0.2, 0) is 11.3 Å². The van der Waals surface area contributed by atoms with Crippen LogP contribution >= 0.6 is 0 Å². The van der Waals surface area contributed by atoms with Crippen LogP contribution in [0, 0.1) is 11.6 Å². The molecule has 0 spiro atoms. The number of benzene rings is 2. The smallest absolute Gasteiger partial charge is 0.234 e. The molecule has 2 heterocycles. The molecule has 6 nitrogen and oxygen atoms in total. The molecule has 33 heavy (non-hydrogen) atoms. The summed E-state index contributed by atoms with van der Waals surface area (Å²) in [7, 11) is 0. The number of hydrogen-bond acceptors (Lipinski definition) is 4. The quantitative estimate of drug-likeness (QED) is 0.506. The topological polar surface area (TPSA) is 53.4 Å². The number of carbonyl (C=O) groups excluding carboxylic acids is 1. The number of nitrogens with zero attached hydrogens (tertiary/aromatic N) is 4. The lowest BCUT2D eigenvalue weighted by Crippen LogP contribution is -2.50.